The van der Waals surface area contributed by atoms with Gasteiger partial charge in [-0.25, -0.2) is 0 Å². The first-order chi connectivity index (χ1) is 9.78. The first kappa shape index (κ1) is 13.9. The molecule has 5 heteroatoms. The minimum atomic E-state index is 0.00136. The molecule has 2 aliphatic rings. The number of rotatable bonds is 5. The molecule has 0 bridgehead atoms. The maximum Gasteiger partial charge on any atom is 0.265 e. The zero-order chi connectivity index (χ0) is 13.9. The van der Waals surface area contributed by atoms with Crippen molar-refractivity contribution >= 4 is 17.2 Å². The molecule has 2 fully saturated rings. The summed E-state index contributed by atoms with van der Waals surface area (Å²) in [7, 11) is 1.60. The number of nitrogens with zero attached hydrogens (tertiary/aromatic N) is 1. The normalized spacial score (nSPS) is 20.9. The highest BCUT2D eigenvalue weighted by Gasteiger charge is 2.31. The quantitative estimate of drug-likeness (QED) is 0.906. The Kier molecular flexibility index (Phi) is 4.27. The summed E-state index contributed by atoms with van der Waals surface area (Å²) in [5, 5.41) is 4.95. The van der Waals surface area contributed by atoms with Gasteiger partial charge in [-0.15, -0.1) is 11.3 Å². The third-order valence-electron chi connectivity index (χ3n) is 4.32. The monoisotopic (exact) mass is 294 g/mol. The Morgan fingerprint density at radius 2 is 2.15 bits per heavy atom. The van der Waals surface area contributed by atoms with Gasteiger partial charge in [-0.3, -0.25) is 4.79 Å². The van der Waals surface area contributed by atoms with Gasteiger partial charge in [-0.1, -0.05) is 0 Å². The van der Waals surface area contributed by atoms with E-state index in [9.17, 15) is 4.79 Å². The number of ether oxygens (including phenoxy) is 1. The summed E-state index contributed by atoms with van der Waals surface area (Å²) < 4.78 is 5.19. The molecule has 1 aromatic heterocycles. The minimum Gasteiger partial charge on any atom is -0.495 e. The summed E-state index contributed by atoms with van der Waals surface area (Å²) in [5.74, 6) is 1.30. The number of methoxy groups -OCH3 is 1. The molecule has 1 N–H and O–H groups in total. The summed E-state index contributed by atoms with van der Waals surface area (Å²) in [4.78, 5) is 15.4. The van der Waals surface area contributed by atoms with Crippen LogP contribution in [0.15, 0.2) is 11.4 Å². The van der Waals surface area contributed by atoms with Crippen LogP contribution in [0.25, 0.3) is 0 Å². The smallest absolute Gasteiger partial charge is 0.265 e. The molecule has 1 aromatic rings. The summed E-state index contributed by atoms with van der Waals surface area (Å²) in [6.07, 6.45) is 5.19. The van der Waals surface area contributed by atoms with Crippen LogP contribution in [0.1, 0.15) is 35.4 Å². The SMILES string of the molecule is COc1ccsc1C(=O)NCC1CCN(C2CC2)CC1. The largest absolute Gasteiger partial charge is 0.495 e. The summed E-state index contributed by atoms with van der Waals surface area (Å²) in [6.45, 7) is 3.19. The highest BCUT2D eigenvalue weighted by molar-refractivity contribution is 7.12. The van der Waals surface area contributed by atoms with Crippen molar-refractivity contribution in [2.75, 3.05) is 26.7 Å². The lowest BCUT2D eigenvalue weighted by Gasteiger charge is -2.32. The van der Waals surface area contributed by atoms with Gasteiger partial charge in [0.2, 0.25) is 0 Å². The topological polar surface area (TPSA) is 41.6 Å². The van der Waals surface area contributed by atoms with E-state index in [-0.39, 0.29) is 5.91 Å². The molecule has 3 rings (SSSR count). The Labute approximate surface area is 124 Å². The van der Waals surface area contributed by atoms with Crippen molar-refractivity contribution in [1.82, 2.24) is 10.2 Å². The Bertz CT molecular complexity index is 462. The lowest BCUT2D eigenvalue weighted by atomic mass is 9.96. The zero-order valence-corrected chi connectivity index (χ0v) is 12.7. The van der Waals surface area contributed by atoms with Crippen molar-refractivity contribution in [3.05, 3.63) is 16.3 Å². The first-order valence-corrected chi connectivity index (χ1v) is 8.29. The average Bonchev–Trinajstić information content (AvgIpc) is 3.22. The van der Waals surface area contributed by atoms with Gasteiger partial charge in [0.15, 0.2) is 0 Å². The molecule has 1 aliphatic heterocycles. The third kappa shape index (κ3) is 3.15. The van der Waals surface area contributed by atoms with Crippen LogP contribution in [0.2, 0.25) is 0 Å². The van der Waals surface area contributed by atoms with E-state index in [0.29, 0.717) is 16.5 Å². The molecule has 4 nitrogen and oxygen atoms in total. The van der Waals surface area contributed by atoms with Gasteiger partial charge in [0.1, 0.15) is 10.6 Å². The van der Waals surface area contributed by atoms with Crippen molar-refractivity contribution in [1.29, 1.82) is 0 Å². The fourth-order valence-electron chi connectivity index (χ4n) is 2.90. The van der Waals surface area contributed by atoms with Gasteiger partial charge >= 0.3 is 0 Å². The number of thiophene rings is 1. The molecule has 1 amide bonds. The predicted molar refractivity (Wildman–Crippen MR) is 80.5 cm³/mol. The lowest BCUT2D eigenvalue weighted by molar-refractivity contribution is 0.0936. The Morgan fingerprint density at radius 1 is 1.40 bits per heavy atom. The zero-order valence-electron chi connectivity index (χ0n) is 11.9. The fraction of sp³-hybridized carbons (Fsp3) is 0.667. The number of piperidine rings is 1. The van der Waals surface area contributed by atoms with Crippen LogP contribution >= 0.6 is 11.3 Å². The molecule has 110 valence electrons. The number of hydrogen-bond acceptors (Lipinski definition) is 4. The van der Waals surface area contributed by atoms with Gasteiger partial charge < -0.3 is 15.0 Å². The molecule has 0 radical (unpaired) electrons. The Balaban J connectivity index is 1.44. The molecule has 20 heavy (non-hydrogen) atoms. The maximum absolute atomic E-state index is 12.1. The van der Waals surface area contributed by atoms with Gasteiger partial charge in [-0.2, -0.15) is 0 Å². The number of carbonyl (C=O) groups is 1. The van der Waals surface area contributed by atoms with Crippen LogP contribution in [-0.4, -0.2) is 43.6 Å². The third-order valence-corrected chi connectivity index (χ3v) is 5.21. The van der Waals surface area contributed by atoms with Crippen molar-refractivity contribution in [3.63, 3.8) is 0 Å². The summed E-state index contributed by atoms with van der Waals surface area (Å²) in [5.41, 5.74) is 0. The number of likely N-dealkylation sites (tertiary alicyclic amines) is 1. The standard InChI is InChI=1S/C15H22N2O2S/c1-19-13-6-9-20-14(13)15(18)16-10-11-4-7-17(8-5-11)12-2-3-12/h6,9,11-12H,2-5,7-8,10H2,1H3,(H,16,18). The van der Waals surface area contributed by atoms with Crippen LogP contribution in [-0.2, 0) is 0 Å². The number of nitrogens with one attached hydrogen (secondary N) is 1. The number of amides is 1. The van der Waals surface area contributed by atoms with Gasteiger partial charge in [-0.05, 0) is 56.1 Å². The van der Waals surface area contributed by atoms with E-state index in [2.05, 4.69) is 10.2 Å². The minimum absolute atomic E-state index is 0.00136. The van der Waals surface area contributed by atoms with E-state index in [0.717, 1.165) is 12.6 Å². The summed E-state index contributed by atoms with van der Waals surface area (Å²) in [6, 6.07) is 2.72. The molecule has 1 saturated carbocycles. The van der Waals surface area contributed by atoms with E-state index in [1.807, 2.05) is 11.4 Å². The van der Waals surface area contributed by atoms with Crippen molar-refractivity contribution in [2.45, 2.75) is 31.7 Å². The second-order valence-electron chi connectivity index (χ2n) is 5.74. The molecule has 0 aromatic carbocycles. The van der Waals surface area contributed by atoms with Crippen LogP contribution in [0.5, 0.6) is 5.75 Å². The van der Waals surface area contributed by atoms with E-state index < -0.39 is 0 Å². The Morgan fingerprint density at radius 3 is 2.80 bits per heavy atom. The van der Waals surface area contributed by atoms with E-state index in [1.54, 1.807) is 7.11 Å². The highest BCUT2D eigenvalue weighted by Crippen LogP contribution is 2.30. The predicted octanol–water partition coefficient (Wildman–Crippen LogP) is 2.36. The van der Waals surface area contributed by atoms with E-state index in [1.165, 1.54) is 50.1 Å². The lowest BCUT2D eigenvalue weighted by Crippen LogP contribution is -2.39. The van der Waals surface area contributed by atoms with Crippen LogP contribution in [0.3, 0.4) is 0 Å². The molecule has 1 saturated heterocycles. The molecular weight excluding hydrogens is 272 g/mol. The second-order valence-corrected chi connectivity index (χ2v) is 6.65. The highest BCUT2D eigenvalue weighted by atomic mass is 32.1. The molecule has 1 aliphatic carbocycles. The maximum atomic E-state index is 12.1. The molecule has 0 spiro atoms. The number of hydrogen-bond donors (Lipinski definition) is 1. The van der Waals surface area contributed by atoms with Crippen LogP contribution in [0.4, 0.5) is 0 Å². The molecule has 0 unspecified atom stereocenters. The van der Waals surface area contributed by atoms with Gasteiger partial charge in [0, 0.05) is 12.6 Å². The average molecular weight is 294 g/mol. The fourth-order valence-corrected chi connectivity index (χ4v) is 3.68. The molecule has 0 atom stereocenters. The Hall–Kier alpha value is -1.07. The van der Waals surface area contributed by atoms with Crippen molar-refractivity contribution in [2.24, 2.45) is 5.92 Å². The van der Waals surface area contributed by atoms with Crippen LogP contribution in [0, 0.1) is 5.92 Å². The van der Waals surface area contributed by atoms with E-state index >= 15 is 0 Å². The van der Waals surface area contributed by atoms with Crippen molar-refractivity contribution < 1.29 is 9.53 Å². The van der Waals surface area contributed by atoms with Crippen LogP contribution < -0.4 is 10.1 Å². The first-order valence-electron chi connectivity index (χ1n) is 7.41. The number of carbonyl (C=O) groups excluding carboxylic acids is 1. The summed E-state index contributed by atoms with van der Waals surface area (Å²) >= 11 is 1.44. The van der Waals surface area contributed by atoms with E-state index in [4.69, 9.17) is 4.74 Å². The van der Waals surface area contributed by atoms with Crippen molar-refractivity contribution in [3.8, 4) is 5.75 Å². The molecular formula is C15H22N2O2S. The van der Waals surface area contributed by atoms with Gasteiger partial charge in [0.05, 0.1) is 7.11 Å². The van der Waals surface area contributed by atoms with Gasteiger partial charge in [0.25, 0.3) is 5.91 Å². The molecule has 2 heterocycles. The second kappa shape index (κ2) is 6.14.